The van der Waals surface area contributed by atoms with Crippen LogP contribution in [0.5, 0.6) is 0 Å². The van der Waals surface area contributed by atoms with Gasteiger partial charge in [-0.2, -0.15) is 11.8 Å². The molecule has 104 valence electrons. The summed E-state index contributed by atoms with van der Waals surface area (Å²) in [6.45, 7) is 9.42. The second kappa shape index (κ2) is 5.16. The summed E-state index contributed by atoms with van der Waals surface area (Å²) in [6, 6.07) is 3.18. The lowest BCUT2D eigenvalue weighted by Crippen LogP contribution is -2.43. The van der Waals surface area contributed by atoms with Gasteiger partial charge in [0, 0.05) is 34.8 Å². The van der Waals surface area contributed by atoms with Crippen LogP contribution >= 0.6 is 11.8 Å². The van der Waals surface area contributed by atoms with Gasteiger partial charge in [0.15, 0.2) is 5.78 Å². The summed E-state index contributed by atoms with van der Waals surface area (Å²) in [5.41, 5.74) is 1.96. The molecule has 4 heteroatoms. The second-order valence-corrected chi connectivity index (χ2v) is 7.51. The van der Waals surface area contributed by atoms with Crippen molar-refractivity contribution >= 4 is 23.2 Å². The molecule has 1 aromatic rings. The first-order valence-corrected chi connectivity index (χ1v) is 7.49. The van der Waals surface area contributed by atoms with E-state index in [9.17, 15) is 9.18 Å². The highest BCUT2D eigenvalue weighted by Gasteiger charge is 2.29. The van der Waals surface area contributed by atoms with Gasteiger partial charge in [-0.15, -0.1) is 0 Å². The van der Waals surface area contributed by atoms with Gasteiger partial charge in [0.2, 0.25) is 0 Å². The molecule has 0 bridgehead atoms. The summed E-state index contributed by atoms with van der Waals surface area (Å²) in [4.78, 5) is 13.9. The lowest BCUT2D eigenvalue weighted by atomic mass is 10.0. The number of nitrogens with zero attached hydrogens (tertiary/aromatic N) is 1. The molecular weight excluding hydrogens is 261 g/mol. The average Bonchev–Trinajstić information content (AvgIpc) is 2.30. The van der Waals surface area contributed by atoms with Gasteiger partial charge in [-0.25, -0.2) is 4.39 Å². The molecule has 0 aromatic heterocycles. The predicted molar refractivity (Wildman–Crippen MR) is 79.9 cm³/mol. The summed E-state index contributed by atoms with van der Waals surface area (Å²) in [7, 11) is 0. The molecule has 0 unspecified atom stereocenters. The highest BCUT2D eigenvalue weighted by molar-refractivity contribution is 8.00. The first-order valence-electron chi connectivity index (χ1n) is 6.50. The number of rotatable bonds is 2. The summed E-state index contributed by atoms with van der Waals surface area (Å²) >= 11 is 1.94. The monoisotopic (exact) mass is 281 g/mol. The molecule has 0 spiro atoms. The van der Waals surface area contributed by atoms with Crippen LogP contribution in [-0.2, 0) is 0 Å². The molecule has 0 saturated carbocycles. The normalized spacial score (nSPS) is 18.5. The number of hydrogen-bond donors (Lipinski definition) is 0. The molecule has 0 aliphatic carbocycles. The van der Waals surface area contributed by atoms with E-state index in [1.54, 1.807) is 13.0 Å². The van der Waals surface area contributed by atoms with Crippen LogP contribution in [0.15, 0.2) is 12.1 Å². The fraction of sp³-hybridized carbons (Fsp3) is 0.533. The van der Waals surface area contributed by atoms with E-state index in [4.69, 9.17) is 0 Å². The quantitative estimate of drug-likeness (QED) is 0.771. The van der Waals surface area contributed by atoms with Gasteiger partial charge in [0.1, 0.15) is 5.82 Å². The van der Waals surface area contributed by atoms with Crippen molar-refractivity contribution in [1.82, 2.24) is 0 Å². The van der Waals surface area contributed by atoms with Crippen molar-refractivity contribution in [1.29, 1.82) is 0 Å². The van der Waals surface area contributed by atoms with Gasteiger partial charge in [-0.3, -0.25) is 4.79 Å². The van der Waals surface area contributed by atoms with Crippen molar-refractivity contribution < 1.29 is 9.18 Å². The maximum atomic E-state index is 13.7. The van der Waals surface area contributed by atoms with Gasteiger partial charge < -0.3 is 4.90 Å². The topological polar surface area (TPSA) is 20.3 Å². The van der Waals surface area contributed by atoms with Gasteiger partial charge in [0.25, 0.3) is 0 Å². The maximum Gasteiger partial charge on any atom is 0.161 e. The number of halogens is 1. The first-order chi connectivity index (χ1) is 8.80. The Kier molecular flexibility index (Phi) is 3.90. The molecule has 2 rings (SSSR count). The van der Waals surface area contributed by atoms with Crippen LogP contribution in [0.25, 0.3) is 0 Å². The SMILES string of the molecule is CC(=O)c1cc(F)c(C)cc1N1CCSC(C)(C)C1. The Morgan fingerprint density at radius 1 is 1.42 bits per heavy atom. The lowest BCUT2D eigenvalue weighted by Gasteiger charge is -2.39. The summed E-state index contributed by atoms with van der Waals surface area (Å²) in [5, 5.41) is 0. The number of thioether (sulfide) groups is 1. The number of carbonyl (C=O) groups is 1. The Morgan fingerprint density at radius 2 is 2.11 bits per heavy atom. The van der Waals surface area contributed by atoms with Gasteiger partial charge in [-0.05, 0) is 45.4 Å². The standard InChI is InChI=1S/C15H20FNOS/c1-10-7-14(12(11(2)18)8-13(10)16)17-5-6-19-15(3,4)9-17/h7-8H,5-6,9H2,1-4H3. The van der Waals surface area contributed by atoms with Crippen molar-refractivity contribution in [3.8, 4) is 0 Å². The van der Waals surface area contributed by atoms with Crippen LogP contribution in [0.3, 0.4) is 0 Å². The molecule has 0 N–H and O–H groups in total. The Bertz CT molecular complexity index is 513. The number of Topliss-reactive ketones (excluding diaryl/α,β-unsaturated/α-hetero) is 1. The van der Waals surface area contributed by atoms with Crippen molar-refractivity contribution in [2.24, 2.45) is 0 Å². The van der Waals surface area contributed by atoms with Crippen molar-refractivity contribution in [2.75, 3.05) is 23.7 Å². The maximum absolute atomic E-state index is 13.7. The van der Waals surface area contributed by atoms with E-state index in [1.807, 2.05) is 11.8 Å². The highest BCUT2D eigenvalue weighted by atomic mass is 32.2. The summed E-state index contributed by atoms with van der Waals surface area (Å²) in [6.07, 6.45) is 0. The Labute approximate surface area is 118 Å². The minimum Gasteiger partial charge on any atom is -0.369 e. The molecule has 19 heavy (non-hydrogen) atoms. The molecule has 1 aliphatic heterocycles. The van der Waals surface area contributed by atoms with Crippen molar-refractivity contribution in [3.63, 3.8) is 0 Å². The van der Waals surface area contributed by atoms with Crippen LogP contribution in [0.2, 0.25) is 0 Å². The van der Waals surface area contributed by atoms with Crippen LogP contribution in [0.1, 0.15) is 36.7 Å². The molecule has 0 atom stereocenters. The van der Waals surface area contributed by atoms with E-state index in [1.165, 1.54) is 13.0 Å². The fourth-order valence-electron chi connectivity index (χ4n) is 2.43. The number of anilines is 1. The summed E-state index contributed by atoms with van der Waals surface area (Å²) < 4.78 is 13.8. The minimum atomic E-state index is -0.306. The zero-order valence-electron chi connectivity index (χ0n) is 11.9. The molecule has 1 aliphatic rings. The minimum absolute atomic E-state index is 0.0788. The average molecular weight is 281 g/mol. The third-order valence-electron chi connectivity index (χ3n) is 3.42. The number of carbonyl (C=O) groups excluding carboxylic acids is 1. The van der Waals surface area contributed by atoms with Gasteiger partial charge >= 0.3 is 0 Å². The van der Waals surface area contributed by atoms with E-state index in [2.05, 4.69) is 18.7 Å². The van der Waals surface area contributed by atoms with Crippen LogP contribution in [0.4, 0.5) is 10.1 Å². The Balaban J connectivity index is 2.43. The molecule has 2 nitrogen and oxygen atoms in total. The van der Waals surface area contributed by atoms with Crippen molar-refractivity contribution in [2.45, 2.75) is 32.4 Å². The molecular formula is C15H20FNOS. The largest absolute Gasteiger partial charge is 0.369 e. The second-order valence-electron chi connectivity index (χ2n) is 5.70. The Hall–Kier alpha value is -1.03. The zero-order valence-corrected chi connectivity index (χ0v) is 12.7. The van der Waals surface area contributed by atoms with Crippen LogP contribution in [-0.4, -0.2) is 29.4 Å². The number of ketones is 1. The van der Waals surface area contributed by atoms with Crippen LogP contribution in [0, 0.1) is 12.7 Å². The summed E-state index contributed by atoms with van der Waals surface area (Å²) in [5.74, 6) is 0.644. The van der Waals surface area contributed by atoms with E-state index in [-0.39, 0.29) is 16.3 Å². The van der Waals surface area contributed by atoms with Gasteiger partial charge in [0.05, 0.1) is 0 Å². The molecule has 1 heterocycles. The van der Waals surface area contributed by atoms with E-state index in [0.29, 0.717) is 11.1 Å². The number of benzene rings is 1. The predicted octanol–water partition coefficient (Wildman–Crippen LogP) is 3.67. The molecule has 0 amide bonds. The third-order valence-corrected chi connectivity index (χ3v) is 4.72. The number of aryl methyl sites for hydroxylation is 1. The van der Waals surface area contributed by atoms with E-state index in [0.717, 1.165) is 24.5 Å². The smallest absolute Gasteiger partial charge is 0.161 e. The Morgan fingerprint density at radius 3 is 2.68 bits per heavy atom. The molecule has 1 fully saturated rings. The molecule has 1 aromatic carbocycles. The van der Waals surface area contributed by atoms with E-state index >= 15 is 0 Å². The highest BCUT2D eigenvalue weighted by Crippen LogP contribution is 2.34. The molecule has 1 saturated heterocycles. The number of hydrogen-bond acceptors (Lipinski definition) is 3. The van der Waals surface area contributed by atoms with Gasteiger partial charge in [-0.1, -0.05) is 0 Å². The molecule has 0 radical (unpaired) electrons. The lowest BCUT2D eigenvalue weighted by molar-refractivity contribution is 0.101. The fourth-order valence-corrected chi connectivity index (χ4v) is 3.54. The first kappa shape index (κ1) is 14.4. The van der Waals surface area contributed by atoms with Crippen LogP contribution < -0.4 is 4.90 Å². The zero-order chi connectivity index (χ0) is 14.2. The van der Waals surface area contributed by atoms with E-state index < -0.39 is 0 Å². The third kappa shape index (κ3) is 3.11. The van der Waals surface area contributed by atoms with Crippen molar-refractivity contribution in [3.05, 3.63) is 29.1 Å².